The molecule has 1 atom stereocenters. The third-order valence-corrected chi connectivity index (χ3v) is 2.94. The van der Waals surface area contributed by atoms with Crippen LogP contribution in [0.3, 0.4) is 0 Å². The first-order valence-corrected chi connectivity index (χ1v) is 6.47. The van der Waals surface area contributed by atoms with Crippen LogP contribution in [-0.4, -0.2) is 44.8 Å². The van der Waals surface area contributed by atoms with Gasteiger partial charge in [-0.1, -0.05) is 0 Å². The van der Waals surface area contributed by atoms with Crippen LogP contribution in [0.15, 0.2) is 6.33 Å². The van der Waals surface area contributed by atoms with Crippen molar-refractivity contribution in [2.45, 2.75) is 26.8 Å². The number of nitrogens with two attached hydrogens (primary N) is 1. The van der Waals surface area contributed by atoms with Crippen LogP contribution >= 0.6 is 0 Å². The van der Waals surface area contributed by atoms with E-state index in [1.54, 1.807) is 11.8 Å². The van der Waals surface area contributed by atoms with Crippen LogP contribution in [0.25, 0.3) is 0 Å². The second kappa shape index (κ2) is 7.33. The van der Waals surface area contributed by atoms with Gasteiger partial charge >= 0.3 is 5.69 Å². The van der Waals surface area contributed by atoms with Gasteiger partial charge in [-0.3, -0.25) is 14.9 Å². The first-order chi connectivity index (χ1) is 9.96. The number of nitrogens with zero attached hydrogens (tertiary/aromatic N) is 4. The third kappa shape index (κ3) is 3.75. The number of anilines is 2. The fourth-order valence-electron chi connectivity index (χ4n) is 1.84. The van der Waals surface area contributed by atoms with E-state index in [9.17, 15) is 14.9 Å². The van der Waals surface area contributed by atoms with Crippen molar-refractivity contribution in [1.82, 2.24) is 14.9 Å². The number of aromatic nitrogens is 2. The molecule has 10 nitrogen and oxygen atoms in total. The van der Waals surface area contributed by atoms with E-state index in [1.165, 1.54) is 0 Å². The highest BCUT2D eigenvalue weighted by atomic mass is 16.6. The van der Waals surface area contributed by atoms with Crippen LogP contribution in [0.2, 0.25) is 0 Å². The van der Waals surface area contributed by atoms with Crippen LogP contribution in [0.5, 0.6) is 0 Å². The predicted octanol–water partition coefficient (Wildman–Crippen LogP) is 0.339. The summed E-state index contributed by atoms with van der Waals surface area (Å²) >= 11 is 0. The molecule has 4 N–H and O–H groups in total. The van der Waals surface area contributed by atoms with E-state index in [1.807, 2.05) is 13.8 Å². The normalized spacial score (nSPS) is 11.6. The van der Waals surface area contributed by atoms with E-state index < -0.39 is 16.7 Å². The molecule has 1 rings (SSSR count). The van der Waals surface area contributed by atoms with Crippen molar-refractivity contribution in [2.75, 3.05) is 23.8 Å². The standard InChI is InChI=1S/C11H19N7O3/c1-4-17(5-2)11(19)7(3)15-9-8(18(20)21)10(16-12)14-6-13-9/h6-7H,4-5,12H2,1-3H3,(H2,13,14,15,16). The van der Waals surface area contributed by atoms with Gasteiger partial charge in [0.05, 0.1) is 4.92 Å². The summed E-state index contributed by atoms with van der Waals surface area (Å²) in [6, 6.07) is -0.663. The minimum absolute atomic E-state index is 0.0593. The molecule has 1 heterocycles. The molecule has 0 bridgehead atoms. The highest BCUT2D eigenvalue weighted by Crippen LogP contribution is 2.28. The molecular formula is C11H19N7O3. The fourth-order valence-corrected chi connectivity index (χ4v) is 1.84. The van der Waals surface area contributed by atoms with Gasteiger partial charge < -0.3 is 15.6 Å². The molecule has 21 heavy (non-hydrogen) atoms. The Balaban J connectivity index is 3.02. The zero-order valence-electron chi connectivity index (χ0n) is 12.2. The van der Waals surface area contributed by atoms with Crippen molar-refractivity contribution < 1.29 is 9.72 Å². The molecule has 116 valence electrons. The lowest BCUT2D eigenvalue weighted by Crippen LogP contribution is -2.41. The highest BCUT2D eigenvalue weighted by molar-refractivity contribution is 5.85. The molecule has 1 unspecified atom stereocenters. The second-order valence-corrected chi connectivity index (χ2v) is 4.20. The predicted molar refractivity (Wildman–Crippen MR) is 77.5 cm³/mol. The molecule has 0 saturated carbocycles. The molecule has 0 aliphatic rings. The van der Waals surface area contributed by atoms with Gasteiger partial charge in [0.25, 0.3) is 0 Å². The maximum Gasteiger partial charge on any atom is 0.354 e. The van der Waals surface area contributed by atoms with Gasteiger partial charge in [0.15, 0.2) is 0 Å². The molecule has 1 aromatic rings. The zero-order valence-corrected chi connectivity index (χ0v) is 12.2. The molecule has 0 saturated heterocycles. The highest BCUT2D eigenvalue weighted by Gasteiger charge is 2.26. The van der Waals surface area contributed by atoms with Crippen molar-refractivity contribution >= 4 is 23.2 Å². The quantitative estimate of drug-likeness (QED) is 0.372. The molecule has 0 spiro atoms. The fraction of sp³-hybridized carbons (Fsp3) is 0.545. The van der Waals surface area contributed by atoms with E-state index in [2.05, 4.69) is 20.7 Å². The molecule has 0 aliphatic carbocycles. The third-order valence-electron chi connectivity index (χ3n) is 2.94. The molecule has 1 amide bonds. The number of hydrazine groups is 1. The van der Waals surface area contributed by atoms with E-state index in [0.717, 1.165) is 6.33 Å². The van der Waals surface area contributed by atoms with Crippen molar-refractivity contribution in [1.29, 1.82) is 0 Å². The molecule has 10 heteroatoms. The Kier molecular flexibility index (Phi) is 5.79. The number of likely N-dealkylation sites (N-methyl/N-ethyl adjacent to an activating group) is 1. The minimum Gasteiger partial charge on any atom is -0.353 e. The Morgan fingerprint density at radius 2 is 2.00 bits per heavy atom. The Hall–Kier alpha value is -2.49. The monoisotopic (exact) mass is 297 g/mol. The Bertz CT molecular complexity index is 519. The maximum absolute atomic E-state index is 12.2. The number of carbonyl (C=O) groups excluding carboxylic acids is 1. The average molecular weight is 297 g/mol. The number of nitrogens with one attached hydrogen (secondary N) is 2. The van der Waals surface area contributed by atoms with Gasteiger partial charge in [0.2, 0.25) is 17.5 Å². The van der Waals surface area contributed by atoms with Crippen molar-refractivity contribution in [3.05, 3.63) is 16.4 Å². The minimum atomic E-state index is -0.663. The number of hydrogen-bond acceptors (Lipinski definition) is 8. The summed E-state index contributed by atoms with van der Waals surface area (Å²) in [4.78, 5) is 31.7. The zero-order chi connectivity index (χ0) is 16.0. The summed E-state index contributed by atoms with van der Waals surface area (Å²) in [5, 5.41) is 13.8. The first-order valence-electron chi connectivity index (χ1n) is 6.47. The Morgan fingerprint density at radius 1 is 1.43 bits per heavy atom. The average Bonchev–Trinajstić information content (AvgIpc) is 2.47. The van der Waals surface area contributed by atoms with Crippen LogP contribution in [-0.2, 0) is 4.79 Å². The number of nitro groups is 1. The largest absolute Gasteiger partial charge is 0.354 e. The molecule has 1 aromatic heterocycles. The summed E-state index contributed by atoms with van der Waals surface area (Å²) < 4.78 is 0. The van der Waals surface area contributed by atoms with Crippen molar-refractivity contribution in [2.24, 2.45) is 5.84 Å². The summed E-state index contributed by atoms with van der Waals surface area (Å²) in [5.41, 5.74) is 1.73. The summed E-state index contributed by atoms with van der Waals surface area (Å²) in [6.45, 7) is 6.45. The van der Waals surface area contributed by atoms with Crippen LogP contribution in [0.1, 0.15) is 20.8 Å². The van der Waals surface area contributed by atoms with Gasteiger partial charge in [-0.25, -0.2) is 15.8 Å². The topological polar surface area (TPSA) is 139 Å². The molecule has 0 aliphatic heterocycles. The molecule has 0 aromatic carbocycles. The smallest absolute Gasteiger partial charge is 0.353 e. The van der Waals surface area contributed by atoms with Crippen LogP contribution in [0, 0.1) is 10.1 Å². The summed E-state index contributed by atoms with van der Waals surface area (Å²) in [7, 11) is 0. The van der Waals surface area contributed by atoms with Crippen molar-refractivity contribution in [3.8, 4) is 0 Å². The van der Waals surface area contributed by atoms with Gasteiger partial charge in [0, 0.05) is 13.1 Å². The van der Waals surface area contributed by atoms with Crippen LogP contribution < -0.4 is 16.6 Å². The van der Waals surface area contributed by atoms with Crippen molar-refractivity contribution in [3.63, 3.8) is 0 Å². The number of hydrogen-bond donors (Lipinski definition) is 3. The van der Waals surface area contributed by atoms with Gasteiger partial charge in [-0.05, 0) is 20.8 Å². The van der Waals surface area contributed by atoms with Gasteiger partial charge in [-0.15, -0.1) is 0 Å². The number of rotatable bonds is 7. The maximum atomic E-state index is 12.2. The molecule has 0 radical (unpaired) electrons. The number of amides is 1. The van der Waals surface area contributed by atoms with E-state index >= 15 is 0 Å². The lowest BCUT2D eigenvalue weighted by molar-refractivity contribution is -0.383. The molecular weight excluding hydrogens is 278 g/mol. The van der Waals surface area contributed by atoms with E-state index in [4.69, 9.17) is 5.84 Å². The van der Waals surface area contributed by atoms with Gasteiger partial charge in [0.1, 0.15) is 12.4 Å². The van der Waals surface area contributed by atoms with Gasteiger partial charge in [-0.2, -0.15) is 0 Å². The SMILES string of the molecule is CCN(CC)C(=O)C(C)Nc1ncnc(NN)c1[N+](=O)[O-]. The lowest BCUT2D eigenvalue weighted by atomic mass is 10.2. The summed E-state index contributed by atoms with van der Waals surface area (Å²) in [5.74, 6) is 4.84. The number of nitrogen functional groups attached to an aromatic ring is 1. The molecule has 0 fully saturated rings. The lowest BCUT2D eigenvalue weighted by Gasteiger charge is -2.23. The van der Waals surface area contributed by atoms with E-state index in [0.29, 0.717) is 13.1 Å². The van der Waals surface area contributed by atoms with E-state index in [-0.39, 0.29) is 17.5 Å². The Morgan fingerprint density at radius 3 is 2.48 bits per heavy atom. The first kappa shape index (κ1) is 16.6. The summed E-state index contributed by atoms with van der Waals surface area (Å²) in [6.07, 6.45) is 1.12. The van der Waals surface area contributed by atoms with Crippen LogP contribution in [0.4, 0.5) is 17.3 Å². The number of carbonyl (C=O) groups is 1. The second-order valence-electron chi connectivity index (χ2n) is 4.20. The Labute approximate surface area is 121 Å².